The molecular weight excluding hydrogens is 444 g/mol. The molecular formula is C28H19F2N5+2. The van der Waals surface area contributed by atoms with Gasteiger partial charge in [0, 0.05) is 29.8 Å². The summed E-state index contributed by atoms with van der Waals surface area (Å²) < 4.78 is 36.7. The molecule has 4 aromatic heterocycles. The zero-order valence-electron chi connectivity index (χ0n) is 19.0. The Morgan fingerprint density at radius 2 is 1.60 bits per heavy atom. The summed E-state index contributed by atoms with van der Waals surface area (Å²) in [5.74, 6) is 0.0474. The molecule has 1 spiro atoms. The first-order chi connectivity index (χ1) is 17.0. The molecule has 0 bridgehead atoms. The van der Waals surface area contributed by atoms with E-state index < -0.39 is 23.0 Å². The van der Waals surface area contributed by atoms with Crippen molar-refractivity contribution in [3.8, 4) is 28.5 Å². The molecule has 5 aromatic rings. The Balaban J connectivity index is 1.64. The van der Waals surface area contributed by atoms with Gasteiger partial charge >= 0.3 is 5.66 Å². The van der Waals surface area contributed by atoms with Crippen LogP contribution in [0.1, 0.15) is 36.5 Å². The fourth-order valence-electron chi connectivity index (χ4n) is 6.50. The molecule has 35 heavy (non-hydrogen) atoms. The van der Waals surface area contributed by atoms with Crippen LogP contribution in [0.4, 0.5) is 8.78 Å². The largest absolute Gasteiger partial charge is 0.402 e. The highest BCUT2D eigenvalue weighted by Crippen LogP contribution is 2.50. The van der Waals surface area contributed by atoms with E-state index in [0.717, 1.165) is 34.3 Å². The van der Waals surface area contributed by atoms with Crippen molar-refractivity contribution in [3.05, 3.63) is 114 Å². The predicted octanol–water partition coefficient (Wildman–Crippen LogP) is 4.02. The van der Waals surface area contributed by atoms with E-state index in [1.54, 1.807) is 0 Å². The van der Waals surface area contributed by atoms with Crippen LogP contribution in [0, 0.1) is 11.9 Å². The van der Waals surface area contributed by atoms with E-state index in [4.69, 9.17) is 4.98 Å². The van der Waals surface area contributed by atoms with E-state index in [0.29, 0.717) is 16.8 Å². The average Bonchev–Trinajstić information content (AvgIpc) is 3.50. The standard InChI is InChI=1S/C28H19F2N5/c1-27(2)19-11-6-10-18-24-17(14-22(29)32-25(24)30)28(34(18)19)21-15-31-26(16-8-4-3-5-9-16)33(21)23-13-7-12-20(27)35(23)28/h3-15H,1-2H3/q+2/t28-/m0/s1. The average molecular weight is 463 g/mol. The van der Waals surface area contributed by atoms with E-state index in [2.05, 4.69) is 44.7 Å². The number of pyridine rings is 3. The van der Waals surface area contributed by atoms with Crippen LogP contribution < -0.4 is 9.13 Å². The van der Waals surface area contributed by atoms with Crippen molar-refractivity contribution in [2.45, 2.75) is 24.9 Å². The van der Waals surface area contributed by atoms with Gasteiger partial charge in [-0.25, -0.2) is 4.98 Å². The first-order valence-electron chi connectivity index (χ1n) is 11.6. The van der Waals surface area contributed by atoms with Crippen molar-refractivity contribution in [1.82, 2.24) is 14.5 Å². The highest BCUT2D eigenvalue weighted by atomic mass is 19.1. The Hall–Kier alpha value is -4.26. The van der Waals surface area contributed by atoms with Gasteiger partial charge < -0.3 is 0 Å². The highest BCUT2D eigenvalue weighted by Gasteiger charge is 2.73. The summed E-state index contributed by atoms with van der Waals surface area (Å²) in [4.78, 5) is 8.40. The quantitative estimate of drug-likeness (QED) is 0.273. The van der Waals surface area contributed by atoms with Crippen molar-refractivity contribution >= 4 is 0 Å². The Morgan fingerprint density at radius 1 is 0.857 bits per heavy atom. The number of rotatable bonds is 1. The fourth-order valence-corrected chi connectivity index (χ4v) is 6.50. The smallest absolute Gasteiger partial charge is 0.212 e. The summed E-state index contributed by atoms with van der Waals surface area (Å²) in [6.07, 6.45) is 1.84. The van der Waals surface area contributed by atoms with Crippen LogP contribution in [-0.2, 0) is 11.1 Å². The number of halogens is 2. The minimum absolute atomic E-state index is 0.329. The number of nitrogens with zero attached hydrogens (tertiary/aromatic N) is 5. The fraction of sp³-hybridized carbons (Fsp3) is 0.143. The maximum Gasteiger partial charge on any atom is 0.402 e. The van der Waals surface area contributed by atoms with Gasteiger partial charge in [0.1, 0.15) is 22.2 Å². The first kappa shape index (κ1) is 19.1. The van der Waals surface area contributed by atoms with Crippen LogP contribution in [0.5, 0.6) is 0 Å². The maximum absolute atomic E-state index is 15.4. The lowest BCUT2D eigenvalue weighted by atomic mass is 9.79. The van der Waals surface area contributed by atoms with Crippen molar-refractivity contribution in [1.29, 1.82) is 0 Å². The molecule has 7 heterocycles. The minimum atomic E-state index is -1.02. The molecule has 0 radical (unpaired) electrons. The summed E-state index contributed by atoms with van der Waals surface area (Å²) in [5, 5.41) is 0. The van der Waals surface area contributed by atoms with E-state index >= 15 is 4.39 Å². The molecule has 0 saturated heterocycles. The second-order valence-electron chi connectivity index (χ2n) is 9.86. The van der Waals surface area contributed by atoms with Crippen LogP contribution in [0.3, 0.4) is 0 Å². The second-order valence-corrected chi connectivity index (χ2v) is 9.86. The van der Waals surface area contributed by atoms with E-state index in [1.165, 1.54) is 6.07 Å². The third-order valence-electron chi connectivity index (χ3n) is 7.84. The molecule has 8 rings (SSSR count). The lowest BCUT2D eigenvalue weighted by molar-refractivity contribution is -0.972. The first-order valence-corrected chi connectivity index (χ1v) is 11.6. The number of hydrogen-bond acceptors (Lipinski definition) is 2. The Bertz CT molecular complexity index is 1760. The number of fused-ring (bicyclic) bond motifs is 4. The Morgan fingerprint density at radius 3 is 2.40 bits per heavy atom. The SMILES string of the molecule is CC1(C)c2cccc3[n+]2[C@]2(c4cc(F)nc(F)c4-3)c3cnc(-c4ccccc4)n3-c3cccc1[n+]32. The molecule has 3 aliphatic heterocycles. The monoisotopic (exact) mass is 463 g/mol. The van der Waals surface area contributed by atoms with Crippen molar-refractivity contribution in [2.24, 2.45) is 0 Å². The van der Waals surface area contributed by atoms with Crippen LogP contribution >= 0.6 is 0 Å². The van der Waals surface area contributed by atoms with Crippen LogP contribution in [0.2, 0.25) is 0 Å². The van der Waals surface area contributed by atoms with Gasteiger partial charge in [-0.1, -0.05) is 24.3 Å². The molecule has 0 amide bonds. The van der Waals surface area contributed by atoms with Gasteiger partial charge in [-0.15, -0.1) is 4.57 Å². The van der Waals surface area contributed by atoms with Crippen LogP contribution in [0.25, 0.3) is 28.5 Å². The summed E-state index contributed by atoms with van der Waals surface area (Å²) in [5.41, 5.74) is 3.99. The second kappa shape index (κ2) is 5.86. The van der Waals surface area contributed by atoms with Crippen molar-refractivity contribution in [3.63, 3.8) is 0 Å². The summed E-state index contributed by atoms with van der Waals surface area (Å²) >= 11 is 0. The van der Waals surface area contributed by atoms with E-state index in [1.807, 2.05) is 60.8 Å². The molecule has 0 N–H and O–H groups in total. The van der Waals surface area contributed by atoms with Crippen LogP contribution in [0.15, 0.2) is 79.0 Å². The van der Waals surface area contributed by atoms with Crippen molar-refractivity contribution in [2.75, 3.05) is 0 Å². The highest BCUT2D eigenvalue weighted by molar-refractivity contribution is 5.69. The molecule has 1 aromatic carbocycles. The van der Waals surface area contributed by atoms with Gasteiger partial charge in [-0.05, 0) is 38.1 Å². The van der Waals surface area contributed by atoms with Gasteiger partial charge in [-0.3, -0.25) is 0 Å². The van der Waals surface area contributed by atoms with Gasteiger partial charge in [0.2, 0.25) is 29.1 Å². The van der Waals surface area contributed by atoms with E-state index in [-0.39, 0.29) is 0 Å². The van der Waals surface area contributed by atoms with Crippen LogP contribution in [-0.4, -0.2) is 14.5 Å². The number of aromatic nitrogens is 5. The molecule has 0 saturated carbocycles. The molecule has 5 nitrogen and oxygen atoms in total. The summed E-state index contributed by atoms with van der Waals surface area (Å²) in [6.45, 7) is 4.34. The zero-order valence-corrected chi connectivity index (χ0v) is 19.0. The summed E-state index contributed by atoms with van der Waals surface area (Å²) in [7, 11) is 0. The van der Waals surface area contributed by atoms with Crippen molar-refractivity contribution < 1.29 is 17.9 Å². The lowest BCUT2D eigenvalue weighted by Crippen LogP contribution is -2.79. The lowest BCUT2D eigenvalue weighted by Gasteiger charge is -2.33. The molecule has 7 heteroatoms. The molecule has 1 atom stereocenters. The summed E-state index contributed by atoms with van der Waals surface area (Å²) in [6, 6.07) is 23.5. The molecule has 0 fully saturated rings. The number of benzene rings is 1. The molecule has 0 unspecified atom stereocenters. The Kier molecular flexibility index (Phi) is 3.20. The zero-order chi connectivity index (χ0) is 23.7. The topological polar surface area (TPSA) is 38.5 Å². The van der Waals surface area contributed by atoms with Gasteiger partial charge in [0.25, 0.3) is 11.5 Å². The minimum Gasteiger partial charge on any atom is -0.212 e. The number of imidazole rings is 1. The number of hydrogen-bond donors (Lipinski definition) is 0. The third kappa shape index (κ3) is 1.94. The van der Waals surface area contributed by atoms with Gasteiger partial charge in [0.05, 0.1) is 6.20 Å². The predicted molar refractivity (Wildman–Crippen MR) is 123 cm³/mol. The molecule has 168 valence electrons. The third-order valence-corrected chi connectivity index (χ3v) is 7.84. The Labute approximate surface area is 199 Å². The normalized spacial score (nSPS) is 19.2. The molecule has 3 aliphatic rings. The maximum atomic E-state index is 15.4. The molecule has 0 aliphatic carbocycles. The van der Waals surface area contributed by atoms with Gasteiger partial charge in [0.15, 0.2) is 0 Å². The van der Waals surface area contributed by atoms with Gasteiger partial charge in [-0.2, -0.15) is 22.9 Å². The van der Waals surface area contributed by atoms with E-state index in [9.17, 15) is 4.39 Å².